The van der Waals surface area contributed by atoms with Crippen molar-refractivity contribution in [2.45, 2.75) is 44.9 Å². The zero-order valence-corrected chi connectivity index (χ0v) is 11.1. The Balaban J connectivity index is 2.86. The van der Waals surface area contributed by atoms with Crippen LogP contribution in [0.5, 0.6) is 0 Å². The van der Waals surface area contributed by atoms with Crippen LogP contribution in [0.2, 0.25) is 0 Å². The molecule has 0 amide bonds. The Labute approximate surface area is 113 Å². The highest BCUT2D eigenvalue weighted by Crippen LogP contribution is 2.26. The van der Waals surface area contributed by atoms with Crippen molar-refractivity contribution in [1.29, 1.82) is 0 Å². The summed E-state index contributed by atoms with van der Waals surface area (Å²) in [6, 6.07) is 7.43. The van der Waals surface area contributed by atoms with Gasteiger partial charge in [-0.1, -0.05) is 37.6 Å². The standard InChI is InChI=1S/C15H20O4/c1-2-6-13(15(18)19)12-9-4-3-7-11(12)8-5-10-14(16)17/h3-4,7,9,13H,2,5-6,8,10H2,1H3,(H,16,17)(H,18,19). The fourth-order valence-electron chi connectivity index (χ4n) is 2.23. The van der Waals surface area contributed by atoms with Crippen molar-refractivity contribution in [3.8, 4) is 0 Å². The van der Waals surface area contributed by atoms with Gasteiger partial charge >= 0.3 is 11.9 Å². The summed E-state index contributed by atoms with van der Waals surface area (Å²) in [6.45, 7) is 1.96. The van der Waals surface area contributed by atoms with Crippen LogP contribution < -0.4 is 0 Å². The molecule has 0 heterocycles. The van der Waals surface area contributed by atoms with E-state index in [1.807, 2.05) is 31.2 Å². The van der Waals surface area contributed by atoms with Crippen molar-refractivity contribution in [2.24, 2.45) is 0 Å². The molecule has 2 N–H and O–H groups in total. The molecule has 4 heteroatoms. The van der Waals surface area contributed by atoms with E-state index in [0.717, 1.165) is 17.5 Å². The second-order valence-corrected chi connectivity index (χ2v) is 4.63. The molecule has 0 saturated carbocycles. The van der Waals surface area contributed by atoms with Crippen molar-refractivity contribution < 1.29 is 19.8 Å². The van der Waals surface area contributed by atoms with Gasteiger partial charge < -0.3 is 10.2 Å². The molecule has 1 unspecified atom stereocenters. The van der Waals surface area contributed by atoms with Gasteiger partial charge in [0.1, 0.15) is 0 Å². The number of carbonyl (C=O) groups is 2. The molecule has 1 aromatic rings. The first-order valence-corrected chi connectivity index (χ1v) is 6.58. The number of benzene rings is 1. The number of aliphatic carboxylic acids is 2. The smallest absolute Gasteiger partial charge is 0.310 e. The molecule has 0 aliphatic rings. The van der Waals surface area contributed by atoms with Crippen LogP contribution in [0.1, 0.15) is 49.7 Å². The molecule has 0 saturated heterocycles. The van der Waals surface area contributed by atoms with Gasteiger partial charge in [0, 0.05) is 6.42 Å². The number of carboxylic acids is 2. The summed E-state index contributed by atoms with van der Waals surface area (Å²) in [5.74, 6) is -2.13. The average Bonchev–Trinajstić information content (AvgIpc) is 2.36. The molecule has 1 rings (SSSR count). The monoisotopic (exact) mass is 264 g/mol. The normalized spacial score (nSPS) is 12.1. The van der Waals surface area contributed by atoms with Crippen molar-refractivity contribution in [1.82, 2.24) is 0 Å². The summed E-state index contributed by atoms with van der Waals surface area (Å²) >= 11 is 0. The van der Waals surface area contributed by atoms with E-state index in [-0.39, 0.29) is 6.42 Å². The first kappa shape index (κ1) is 15.2. The molecule has 0 radical (unpaired) electrons. The third kappa shape index (κ3) is 4.73. The first-order chi connectivity index (χ1) is 9.06. The van der Waals surface area contributed by atoms with Crippen molar-refractivity contribution in [2.75, 3.05) is 0 Å². The largest absolute Gasteiger partial charge is 0.481 e. The van der Waals surface area contributed by atoms with Gasteiger partial charge in [-0.3, -0.25) is 9.59 Å². The molecular formula is C15H20O4. The van der Waals surface area contributed by atoms with Gasteiger partial charge in [-0.15, -0.1) is 0 Å². The summed E-state index contributed by atoms with van der Waals surface area (Å²) in [6.07, 6.45) is 2.66. The molecule has 0 spiro atoms. The number of rotatable bonds is 8. The fourth-order valence-corrected chi connectivity index (χ4v) is 2.23. The maximum absolute atomic E-state index is 11.3. The minimum atomic E-state index is -0.819. The molecule has 1 aromatic carbocycles. The first-order valence-electron chi connectivity index (χ1n) is 6.58. The third-order valence-corrected chi connectivity index (χ3v) is 3.14. The van der Waals surface area contributed by atoms with E-state index >= 15 is 0 Å². The Bertz CT molecular complexity index is 440. The Morgan fingerprint density at radius 3 is 2.47 bits per heavy atom. The Morgan fingerprint density at radius 2 is 1.89 bits per heavy atom. The van der Waals surface area contributed by atoms with Crippen LogP contribution in [0, 0.1) is 0 Å². The summed E-state index contributed by atoms with van der Waals surface area (Å²) in [7, 11) is 0. The van der Waals surface area contributed by atoms with Crippen LogP contribution in [0.15, 0.2) is 24.3 Å². The van der Waals surface area contributed by atoms with E-state index in [1.165, 1.54) is 0 Å². The van der Waals surface area contributed by atoms with Crippen molar-refractivity contribution in [3.63, 3.8) is 0 Å². The SMILES string of the molecule is CCCC(C(=O)O)c1ccccc1CCCC(=O)O. The number of hydrogen-bond donors (Lipinski definition) is 2. The lowest BCUT2D eigenvalue weighted by atomic mass is 9.89. The Hall–Kier alpha value is -1.84. The Kier molecular flexibility index (Phi) is 6.06. The van der Waals surface area contributed by atoms with Gasteiger partial charge in [0.2, 0.25) is 0 Å². The van der Waals surface area contributed by atoms with E-state index in [0.29, 0.717) is 19.3 Å². The molecule has 1 atom stereocenters. The maximum atomic E-state index is 11.3. The second-order valence-electron chi connectivity index (χ2n) is 4.63. The minimum absolute atomic E-state index is 0.111. The molecule has 0 aromatic heterocycles. The maximum Gasteiger partial charge on any atom is 0.310 e. The van der Waals surface area contributed by atoms with Crippen molar-refractivity contribution in [3.05, 3.63) is 35.4 Å². The second kappa shape index (κ2) is 7.56. The highest BCUT2D eigenvalue weighted by Gasteiger charge is 2.21. The van der Waals surface area contributed by atoms with Crippen LogP contribution in [0.3, 0.4) is 0 Å². The van der Waals surface area contributed by atoms with Gasteiger partial charge in [-0.2, -0.15) is 0 Å². The lowest BCUT2D eigenvalue weighted by molar-refractivity contribution is -0.139. The number of hydrogen-bond acceptors (Lipinski definition) is 2. The third-order valence-electron chi connectivity index (χ3n) is 3.14. The van der Waals surface area contributed by atoms with E-state index in [4.69, 9.17) is 5.11 Å². The van der Waals surface area contributed by atoms with Crippen LogP contribution >= 0.6 is 0 Å². The van der Waals surface area contributed by atoms with E-state index in [2.05, 4.69) is 0 Å². The molecule has 0 aliphatic heterocycles. The van der Waals surface area contributed by atoms with Gasteiger partial charge in [0.15, 0.2) is 0 Å². The van der Waals surface area contributed by atoms with Crippen LogP contribution in [-0.2, 0) is 16.0 Å². The van der Waals surface area contributed by atoms with Gasteiger partial charge in [0.05, 0.1) is 5.92 Å². The minimum Gasteiger partial charge on any atom is -0.481 e. The highest BCUT2D eigenvalue weighted by atomic mass is 16.4. The molecule has 104 valence electrons. The van der Waals surface area contributed by atoms with E-state index < -0.39 is 17.9 Å². The average molecular weight is 264 g/mol. The fraction of sp³-hybridized carbons (Fsp3) is 0.467. The number of carboxylic acid groups (broad SMARTS) is 2. The summed E-state index contributed by atoms with van der Waals surface area (Å²) in [4.78, 5) is 21.9. The molecule has 0 bridgehead atoms. The number of aryl methyl sites for hydroxylation is 1. The molecular weight excluding hydrogens is 244 g/mol. The molecule has 19 heavy (non-hydrogen) atoms. The van der Waals surface area contributed by atoms with Crippen LogP contribution in [-0.4, -0.2) is 22.2 Å². The zero-order valence-electron chi connectivity index (χ0n) is 11.1. The van der Waals surface area contributed by atoms with Crippen LogP contribution in [0.4, 0.5) is 0 Å². The lowest BCUT2D eigenvalue weighted by Crippen LogP contribution is -2.13. The van der Waals surface area contributed by atoms with E-state index in [9.17, 15) is 14.7 Å². The summed E-state index contributed by atoms with van der Waals surface area (Å²) < 4.78 is 0. The molecule has 0 aliphatic carbocycles. The molecule has 4 nitrogen and oxygen atoms in total. The summed E-state index contributed by atoms with van der Waals surface area (Å²) in [5.41, 5.74) is 1.77. The van der Waals surface area contributed by atoms with Gasteiger partial charge in [0.25, 0.3) is 0 Å². The van der Waals surface area contributed by atoms with Gasteiger partial charge in [-0.25, -0.2) is 0 Å². The summed E-state index contributed by atoms with van der Waals surface area (Å²) in [5, 5.41) is 18.0. The predicted octanol–water partition coefficient (Wildman–Crippen LogP) is 3.06. The zero-order chi connectivity index (χ0) is 14.3. The highest BCUT2D eigenvalue weighted by molar-refractivity contribution is 5.76. The molecule has 0 fully saturated rings. The van der Waals surface area contributed by atoms with Crippen LogP contribution in [0.25, 0.3) is 0 Å². The van der Waals surface area contributed by atoms with Gasteiger partial charge in [-0.05, 0) is 30.4 Å². The quantitative estimate of drug-likeness (QED) is 0.756. The lowest BCUT2D eigenvalue weighted by Gasteiger charge is -2.16. The topological polar surface area (TPSA) is 74.6 Å². The van der Waals surface area contributed by atoms with E-state index in [1.54, 1.807) is 0 Å². The Morgan fingerprint density at radius 1 is 1.21 bits per heavy atom. The van der Waals surface area contributed by atoms with Crippen molar-refractivity contribution >= 4 is 11.9 Å². The predicted molar refractivity (Wildman–Crippen MR) is 72.3 cm³/mol.